The summed E-state index contributed by atoms with van der Waals surface area (Å²) in [5, 5.41) is 10.4. The van der Waals surface area contributed by atoms with Crippen LogP contribution in [0.4, 0.5) is 5.69 Å². The summed E-state index contributed by atoms with van der Waals surface area (Å²) in [7, 11) is 0. The zero-order valence-electron chi connectivity index (χ0n) is 16.7. The molecule has 0 spiro atoms. The summed E-state index contributed by atoms with van der Waals surface area (Å²) >= 11 is 0. The maximum atomic E-state index is 12.4. The molecule has 0 aliphatic heterocycles. The van der Waals surface area contributed by atoms with Gasteiger partial charge in [-0.1, -0.05) is 12.1 Å². The molecule has 0 fully saturated rings. The van der Waals surface area contributed by atoms with Crippen LogP contribution in [0.1, 0.15) is 22.8 Å². The molecule has 31 heavy (non-hydrogen) atoms. The Morgan fingerprint density at radius 2 is 1.97 bits per heavy atom. The fourth-order valence-corrected chi connectivity index (χ4v) is 3.06. The van der Waals surface area contributed by atoms with Gasteiger partial charge < -0.3 is 19.9 Å². The number of rotatable bonds is 8. The molecule has 8 heteroatoms. The Bertz CT molecular complexity index is 1160. The average molecular weight is 415 g/mol. The monoisotopic (exact) mass is 415 g/mol. The SMILES string of the molecule is NCc1ccc(-c2ccncc2C=CC(=O)Nc2ccc(CCc3nnco3)cc2)o1. The minimum Gasteiger partial charge on any atom is -0.460 e. The molecule has 0 unspecified atom stereocenters. The number of pyridine rings is 1. The first-order valence-electron chi connectivity index (χ1n) is 9.77. The average Bonchev–Trinajstić information content (AvgIpc) is 3.49. The molecular weight excluding hydrogens is 394 g/mol. The number of anilines is 1. The summed E-state index contributed by atoms with van der Waals surface area (Å²) in [6, 6.07) is 13.2. The number of hydrogen-bond donors (Lipinski definition) is 2. The quantitative estimate of drug-likeness (QED) is 0.422. The molecule has 4 aromatic rings. The lowest BCUT2D eigenvalue weighted by Gasteiger charge is -2.05. The summed E-state index contributed by atoms with van der Waals surface area (Å²) in [6.07, 6.45) is 9.31. The number of nitrogens with two attached hydrogens (primary N) is 1. The second kappa shape index (κ2) is 9.64. The maximum Gasteiger partial charge on any atom is 0.248 e. The van der Waals surface area contributed by atoms with Gasteiger partial charge in [0.1, 0.15) is 11.5 Å². The van der Waals surface area contributed by atoms with Gasteiger partial charge in [0, 0.05) is 41.7 Å². The zero-order valence-corrected chi connectivity index (χ0v) is 16.7. The van der Waals surface area contributed by atoms with Crippen molar-refractivity contribution in [1.29, 1.82) is 0 Å². The lowest BCUT2D eigenvalue weighted by molar-refractivity contribution is -0.111. The Morgan fingerprint density at radius 3 is 2.71 bits per heavy atom. The molecule has 156 valence electrons. The second-order valence-electron chi connectivity index (χ2n) is 6.78. The number of nitrogens with one attached hydrogen (secondary N) is 1. The van der Waals surface area contributed by atoms with Gasteiger partial charge in [-0.3, -0.25) is 9.78 Å². The third-order valence-electron chi connectivity index (χ3n) is 4.65. The number of furan rings is 1. The third kappa shape index (κ3) is 5.31. The Kier molecular flexibility index (Phi) is 6.29. The molecule has 0 aliphatic rings. The normalized spacial score (nSPS) is 11.1. The molecule has 0 aliphatic carbocycles. The maximum absolute atomic E-state index is 12.4. The van der Waals surface area contributed by atoms with Gasteiger partial charge in [0.15, 0.2) is 0 Å². The van der Waals surface area contributed by atoms with E-state index in [1.165, 1.54) is 12.5 Å². The molecule has 0 saturated carbocycles. The van der Waals surface area contributed by atoms with Crippen molar-refractivity contribution >= 4 is 17.7 Å². The van der Waals surface area contributed by atoms with Gasteiger partial charge in [0.2, 0.25) is 18.2 Å². The molecule has 8 nitrogen and oxygen atoms in total. The van der Waals surface area contributed by atoms with Crippen molar-refractivity contribution in [2.75, 3.05) is 5.32 Å². The lowest BCUT2D eigenvalue weighted by Crippen LogP contribution is -2.07. The smallest absolute Gasteiger partial charge is 0.248 e. The van der Waals surface area contributed by atoms with Crippen LogP contribution < -0.4 is 11.1 Å². The van der Waals surface area contributed by atoms with E-state index >= 15 is 0 Å². The third-order valence-corrected chi connectivity index (χ3v) is 4.65. The van der Waals surface area contributed by atoms with Gasteiger partial charge in [-0.05, 0) is 48.4 Å². The largest absolute Gasteiger partial charge is 0.460 e. The summed E-state index contributed by atoms with van der Waals surface area (Å²) < 4.78 is 10.9. The number of benzene rings is 1. The van der Waals surface area contributed by atoms with Gasteiger partial charge in [0.25, 0.3) is 0 Å². The second-order valence-corrected chi connectivity index (χ2v) is 6.78. The fourth-order valence-electron chi connectivity index (χ4n) is 3.06. The van der Waals surface area contributed by atoms with E-state index in [9.17, 15) is 4.79 Å². The van der Waals surface area contributed by atoms with Crippen LogP contribution in [-0.2, 0) is 24.2 Å². The summed E-state index contributed by atoms with van der Waals surface area (Å²) in [6.45, 7) is 0.328. The van der Waals surface area contributed by atoms with E-state index in [1.54, 1.807) is 18.5 Å². The summed E-state index contributed by atoms with van der Waals surface area (Å²) in [5.41, 5.74) is 9.05. The topological polar surface area (TPSA) is 120 Å². The molecule has 0 bridgehead atoms. The zero-order chi connectivity index (χ0) is 21.5. The highest BCUT2D eigenvalue weighted by molar-refractivity contribution is 6.02. The predicted molar refractivity (Wildman–Crippen MR) is 116 cm³/mol. The van der Waals surface area contributed by atoms with Crippen molar-refractivity contribution in [3.63, 3.8) is 0 Å². The highest BCUT2D eigenvalue weighted by atomic mass is 16.4. The van der Waals surface area contributed by atoms with Crippen molar-refractivity contribution in [2.24, 2.45) is 5.73 Å². The minimum atomic E-state index is -0.240. The number of nitrogens with zero attached hydrogens (tertiary/aromatic N) is 3. The molecule has 1 amide bonds. The predicted octanol–water partition coefficient (Wildman–Crippen LogP) is 3.62. The Balaban J connectivity index is 1.37. The molecule has 3 aromatic heterocycles. The summed E-state index contributed by atoms with van der Waals surface area (Å²) in [5.74, 6) is 1.74. The molecular formula is C23H21N5O3. The molecule has 3 N–H and O–H groups in total. The Labute approximate surface area is 178 Å². The Morgan fingerprint density at radius 1 is 1.10 bits per heavy atom. The molecule has 0 radical (unpaired) electrons. The van der Waals surface area contributed by atoms with E-state index in [2.05, 4.69) is 20.5 Å². The van der Waals surface area contributed by atoms with E-state index in [0.29, 0.717) is 36.1 Å². The van der Waals surface area contributed by atoms with Crippen LogP contribution in [0.5, 0.6) is 0 Å². The molecule has 0 saturated heterocycles. The van der Waals surface area contributed by atoms with E-state index < -0.39 is 0 Å². The van der Waals surface area contributed by atoms with Gasteiger partial charge >= 0.3 is 0 Å². The number of amides is 1. The van der Waals surface area contributed by atoms with E-state index in [0.717, 1.165) is 23.1 Å². The van der Waals surface area contributed by atoms with Gasteiger partial charge in [-0.25, -0.2) is 0 Å². The fraction of sp³-hybridized carbons (Fsp3) is 0.130. The molecule has 3 heterocycles. The van der Waals surface area contributed by atoms with Gasteiger partial charge in [-0.15, -0.1) is 10.2 Å². The van der Waals surface area contributed by atoms with Crippen LogP contribution in [0.25, 0.3) is 17.4 Å². The molecule has 0 atom stereocenters. The number of hydrogen-bond acceptors (Lipinski definition) is 7. The number of carbonyl (C=O) groups excluding carboxylic acids is 1. The minimum absolute atomic E-state index is 0.240. The summed E-state index contributed by atoms with van der Waals surface area (Å²) in [4.78, 5) is 16.5. The van der Waals surface area contributed by atoms with Crippen LogP contribution in [0.15, 0.2) is 76.2 Å². The van der Waals surface area contributed by atoms with Crippen LogP contribution in [0.2, 0.25) is 0 Å². The molecule has 1 aromatic carbocycles. The molecule has 4 rings (SSSR count). The van der Waals surface area contributed by atoms with Crippen LogP contribution >= 0.6 is 0 Å². The first kappa shape index (κ1) is 20.2. The van der Waals surface area contributed by atoms with Crippen molar-refractivity contribution in [1.82, 2.24) is 15.2 Å². The van der Waals surface area contributed by atoms with Crippen LogP contribution in [-0.4, -0.2) is 21.1 Å². The van der Waals surface area contributed by atoms with Crippen molar-refractivity contribution < 1.29 is 13.6 Å². The lowest BCUT2D eigenvalue weighted by atomic mass is 10.1. The number of aryl methyl sites for hydroxylation is 2. The number of carbonyl (C=O) groups is 1. The number of aromatic nitrogens is 3. The van der Waals surface area contributed by atoms with Crippen molar-refractivity contribution in [2.45, 2.75) is 19.4 Å². The van der Waals surface area contributed by atoms with E-state index in [-0.39, 0.29) is 5.91 Å². The van der Waals surface area contributed by atoms with Crippen molar-refractivity contribution in [3.05, 3.63) is 90.1 Å². The van der Waals surface area contributed by atoms with E-state index in [1.807, 2.05) is 42.5 Å². The van der Waals surface area contributed by atoms with Crippen molar-refractivity contribution in [3.8, 4) is 11.3 Å². The first-order chi connectivity index (χ1) is 15.2. The van der Waals surface area contributed by atoms with Gasteiger partial charge in [-0.2, -0.15) is 0 Å². The first-order valence-corrected chi connectivity index (χ1v) is 9.77. The standard InChI is InChI=1S/C23H21N5O3/c24-13-19-7-8-21(31-19)20-11-12-25-14-17(20)4-9-22(29)27-18-5-1-16(2-6-18)3-10-23-28-26-15-30-23/h1-2,4-9,11-12,14-15H,3,10,13,24H2,(H,27,29). The van der Waals surface area contributed by atoms with Crippen LogP contribution in [0.3, 0.4) is 0 Å². The van der Waals surface area contributed by atoms with Crippen LogP contribution in [0, 0.1) is 0 Å². The highest BCUT2D eigenvalue weighted by Gasteiger charge is 2.08. The highest BCUT2D eigenvalue weighted by Crippen LogP contribution is 2.26. The Hall–Kier alpha value is -4.04. The van der Waals surface area contributed by atoms with E-state index in [4.69, 9.17) is 14.6 Å². The van der Waals surface area contributed by atoms with Gasteiger partial charge in [0.05, 0.1) is 6.54 Å².